The van der Waals surface area contributed by atoms with E-state index in [0.29, 0.717) is 39.8 Å². The van der Waals surface area contributed by atoms with E-state index in [1.165, 1.54) is 38.5 Å². The Balaban J connectivity index is 1.53. The van der Waals surface area contributed by atoms with Crippen molar-refractivity contribution in [3.05, 3.63) is 0 Å². The summed E-state index contributed by atoms with van der Waals surface area (Å²) < 4.78 is 5.32. The third-order valence-corrected chi connectivity index (χ3v) is 14.2. The van der Waals surface area contributed by atoms with Gasteiger partial charge in [0, 0.05) is 12.3 Å². The Morgan fingerprint density at radius 2 is 1.38 bits per heavy atom. The lowest BCUT2D eigenvalue weighted by atomic mass is 9.30. The van der Waals surface area contributed by atoms with Gasteiger partial charge in [-0.3, -0.25) is 9.59 Å². The Hall–Kier alpha value is -0.860. The summed E-state index contributed by atoms with van der Waals surface area (Å²) in [6, 6.07) is 0. The van der Waals surface area contributed by atoms with E-state index in [-0.39, 0.29) is 28.1 Å². The molecule has 5 aliphatic carbocycles. The van der Waals surface area contributed by atoms with Gasteiger partial charge in [-0.25, -0.2) is 0 Å². The number of ether oxygens (including phenoxy) is 1. The highest BCUT2D eigenvalue weighted by atomic mass is 16.5. The third-order valence-electron chi connectivity index (χ3n) is 14.2. The maximum absolute atomic E-state index is 12.9. The molecule has 0 amide bonds. The molecule has 5 saturated carbocycles. The van der Waals surface area contributed by atoms with E-state index >= 15 is 0 Å². The van der Waals surface area contributed by atoms with Gasteiger partial charge in [0.05, 0.1) is 12.5 Å². The number of fused-ring (bicyclic) bond motifs is 7. The van der Waals surface area contributed by atoms with Crippen molar-refractivity contribution in [1.29, 1.82) is 0 Å². The van der Waals surface area contributed by atoms with Gasteiger partial charge in [0.25, 0.3) is 0 Å². The molecule has 10 atom stereocenters. The predicted octanol–water partition coefficient (Wildman–Crippen LogP) is 7.61. The van der Waals surface area contributed by atoms with E-state index in [4.69, 9.17) is 4.74 Å². The number of carbonyl (C=O) groups is 2. The highest BCUT2D eigenvalue weighted by molar-refractivity contribution is 5.82. The smallest absolute Gasteiger partial charge is 0.311 e. The molecule has 0 aliphatic heterocycles. The van der Waals surface area contributed by atoms with E-state index in [0.717, 1.165) is 32.1 Å². The first-order valence-corrected chi connectivity index (χ1v) is 14.3. The molecule has 5 rings (SSSR count). The van der Waals surface area contributed by atoms with Crippen LogP contribution < -0.4 is 0 Å². The summed E-state index contributed by atoms with van der Waals surface area (Å²) >= 11 is 0. The molecule has 0 N–H and O–H groups in total. The van der Waals surface area contributed by atoms with E-state index in [1.807, 2.05) is 0 Å². The molecule has 5 fully saturated rings. The van der Waals surface area contributed by atoms with Crippen LogP contribution in [0.1, 0.15) is 119 Å². The van der Waals surface area contributed by atoms with Crippen LogP contribution in [0.4, 0.5) is 0 Å². The Morgan fingerprint density at radius 1 is 0.765 bits per heavy atom. The number of Topliss-reactive ketones (excluding diaryl/α,β-unsaturated/α-hetero) is 1. The van der Waals surface area contributed by atoms with Gasteiger partial charge in [-0.15, -0.1) is 0 Å². The second kappa shape index (κ2) is 7.34. The average Bonchev–Trinajstić information content (AvgIpc) is 2.79. The molecule has 0 aromatic carbocycles. The topological polar surface area (TPSA) is 43.4 Å². The zero-order valence-corrected chi connectivity index (χ0v) is 23.3. The van der Waals surface area contributed by atoms with Crippen LogP contribution in [0.2, 0.25) is 0 Å². The predicted molar refractivity (Wildman–Crippen MR) is 136 cm³/mol. The molecule has 0 aromatic rings. The number of esters is 1. The molecule has 192 valence electrons. The van der Waals surface area contributed by atoms with Gasteiger partial charge < -0.3 is 4.74 Å². The Labute approximate surface area is 208 Å². The van der Waals surface area contributed by atoms with Crippen LogP contribution in [-0.2, 0) is 14.3 Å². The molecule has 0 heterocycles. The fourth-order valence-electron chi connectivity index (χ4n) is 11.4. The van der Waals surface area contributed by atoms with Crippen molar-refractivity contribution >= 4 is 11.8 Å². The number of ketones is 1. The number of hydrogen-bond donors (Lipinski definition) is 0. The van der Waals surface area contributed by atoms with Gasteiger partial charge in [0.2, 0.25) is 0 Å². The molecule has 0 unspecified atom stereocenters. The molecule has 34 heavy (non-hydrogen) atoms. The Kier molecular flexibility index (Phi) is 5.36. The highest BCUT2D eigenvalue weighted by Gasteiger charge is 2.71. The van der Waals surface area contributed by atoms with Crippen LogP contribution in [0.5, 0.6) is 0 Å². The first kappa shape index (κ1) is 24.8. The van der Waals surface area contributed by atoms with Crippen LogP contribution in [-0.4, -0.2) is 18.9 Å². The van der Waals surface area contributed by atoms with Gasteiger partial charge >= 0.3 is 5.97 Å². The van der Waals surface area contributed by atoms with Gasteiger partial charge in [0.1, 0.15) is 5.78 Å². The maximum atomic E-state index is 12.9. The SMILES string of the molecule is COC(=O)[C@]1(C)CC[C@]2(C)CC[C@]3(C)[C@H]4CC[C@@]5(C)[C@@H](CCC(=O)[C@@H]5C)[C@]4(C)CC[C@@]3(C)[C@@H]2C1. The summed E-state index contributed by atoms with van der Waals surface area (Å²) in [5, 5.41) is 0. The Bertz CT molecular complexity index is 895. The summed E-state index contributed by atoms with van der Waals surface area (Å²) in [5.41, 5.74) is 1.04. The van der Waals surface area contributed by atoms with Gasteiger partial charge in [-0.1, -0.05) is 41.5 Å². The van der Waals surface area contributed by atoms with Crippen molar-refractivity contribution < 1.29 is 14.3 Å². The Morgan fingerprint density at radius 3 is 2.06 bits per heavy atom. The van der Waals surface area contributed by atoms with Crippen molar-refractivity contribution in [2.45, 2.75) is 119 Å². The molecular weight excluding hydrogens is 420 g/mol. The number of rotatable bonds is 1. The standard InChI is InChI=1S/C31H50O3/c1-20-21(32)9-10-22-28(20,4)12-11-23-29(22,5)16-18-31(7)24-19-27(3,25(33)34-8)14-13-26(24,2)15-17-30(23,31)6/h20,22-24H,9-19H2,1-8H3/t20-,22+,23-,24+,26+,27+,28+,29-,30+,31-/m0/s1. The minimum atomic E-state index is -0.342. The number of methoxy groups -OCH3 is 1. The van der Waals surface area contributed by atoms with E-state index < -0.39 is 0 Å². The van der Waals surface area contributed by atoms with Crippen LogP contribution in [0, 0.1) is 56.2 Å². The molecule has 0 bridgehead atoms. The van der Waals surface area contributed by atoms with Gasteiger partial charge in [-0.05, 0) is 116 Å². The zero-order valence-electron chi connectivity index (χ0n) is 23.3. The third kappa shape index (κ3) is 2.88. The van der Waals surface area contributed by atoms with Crippen molar-refractivity contribution in [3.63, 3.8) is 0 Å². The zero-order chi connectivity index (χ0) is 24.9. The molecule has 5 aliphatic rings. The second-order valence-corrected chi connectivity index (χ2v) is 15.2. The maximum Gasteiger partial charge on any atom is 0.311 e. The summed E-state index contributed by atoms with van der Waals surface area (Å²) in [4.78, 5) is 25.6. The minimum Gasteiger partial charge on any atom is -0.469 e. The number of hydrogen-bond acceptors (Lipinski definition) is 3. The lowest BCUT2D eigenvalue weighted by molar-refractivity contribution is -0.257. The second-order valence-electron chi connectivity index (χ2n) is 15.2. The summed E-state index contributed by atoms with van der Waals surface area (Å²) in [7, 11) is 1.56. The molecule has 0 aromatic heterocycles. The fraction of sp³-hybridized carbons (Fsp3) is 0.935. The summed E-state index contributed by atoms with van der Waals surface area (Å²) in [5.74, 6) is 2.66. The van der Waals surface area contributed by atoms with E-state index in [1.54, 1.807) is 7.11 Å². The molecule has 0 saturated heterocycles. The first-order chi connectivity index (χ1) is 15.7. The van der Waals surface area contributed by atoms with Crippen LogP contribution >= 0.6 is 0 Å². The highest BCUT2D eigenvalue weighted by Crippen LogP contribution is 2.78. The largest absolute Gasteiger partial charge is 0.469 e. The van der Waals surface area contributed by atoms with Crippen molar-refractivity contribution in [3.8, 4) is 0 Å². The van der Waals surface area contributed by atoms with Crippen molar-refractivity contribution in [2.75, 3.05) is 7.11 Å². The molecule has 0 spiro atoms. The summed E-state index contributed by atoms with van der Waals surface area (Å²) in [6.45, 7) is 17.3. The van der Waals surface area contributed by atoms with Crippen LogP contribution in [0.15, 0.2) is 0 Å². The first-order valence-electron chi connectivity index (χ1n) is 14.3. The van der Waals surface area contributed by atoms with Crippen LogP contribution in [0.3, 0.4) is 0 Å². The molecular formula is C31H50O3. The van der Waals surface area contributed by atoms with Crippen molar-refractivity contribution in [2.24, 2.45) is 56.2 Å². The van der Waals surface area contributed by atoms with E-state index in [9.17, 15) is 9.59 Å². The summed E-state index contributed by atoms with van der Waals surface area (Å²) in [6.07, 6.45) is 12.6. The lowest BCUT2D eigenvalue weighted by Gasteiger charge is -2.74. The normalized spacial score (nSPS) is 57.0. The van der Waals surface area contributed by atoms with E-state index in [2.05, 4.69) is 48.5 Å². The van der Waals surface area contributed by atoms with Crippen molar-refractivity contribution in [1.82, 2.24) is 0 Å². The average molecular weight is 471 g/mol. The minimum absolute atomic E-state index is 0.000340. The lowest BCUT2D eigenvalue weighted by Crippen LogP contribution is -2.68. The monoisotopic (exact) mass is 470 g/mol. The van der Waals surface area contributed by atoms with Gasteiger partial charge in [0.15, 0.2) is 0 Å². The van der Waals surface area contributed by atoms with Crippen LogP contribution in [0.25, 0.3) is 0 Å². The number of carbonyl (C=O) groups excluding carboxylic acids is 2. The molecule has 3 heteroatoms. The van der Waals surface area contributed by atoms with Gasteiger partial charge in [-0.2, -0.15) is 0 Å². The quantitative estimate of drug-likeness (QED) is 0.370. The molecule has 3 nitrogen and oxygen atoms in total. The molecule has 0 radical (unpaired) electrons. The fourth-order valence-corrected chi connectivity index (χ4v) is 11.4.